The topological polar surface area (TPSA) is 78.4 Å². The van der Waals surface area contributed by atoms with Gasteiger partial charge in [0.2, 0.25) is 0 Å². The van der Waals surface area contributed by atoms with E-state index in [-0.39, 0.29) is 0 Å². The first-order chi connectivity index (χ1) is 9.58. The summed E-state index contributed by atoms with van der Waals surface area (Å²) in [6.07, 6.45) is 2.03. The molecule has 0 heterocycles. The fraction of sp³-hybridized carbons (Fsp3) is 0.467. The van der Waals surface area contributed by atoms with Crippen LogP contribution in [0.1, 0.15) is 37.8 Å². The van der Waals surface area contributed by atoms with Gasteiger partial charge in [0.1, 0.15) is 6.04 Å². The Balaban J connectivity index is 2.52. The van der Waals surface area contributed by atoms with Crippen molar-refractivity contribution in [1.82, 2.24) is 10.6 Å². The van der Waals surface area contributed by atoms with E-state index >= 15 is 0 Å². The van der Waals surface area contributed by atoms with E-state index in [9.17, 15) is 9.59 Å². The molecule has 110 valence electrons. The SMILES string of the molecule is CCC[C@@H](NC(=O)NCc1ccccc1CC)C(=O)O. The lowest BCUT2D eigenvalue weighted by molar-refractivity contribution is -0.139. The summed E-state index contributed by atoms with van der Waals surface area (Å²) in [4.78, 5) is 22.7. The number of amides is 2. The van der Waals surface area contributed by atoms with E-state index in [1.807, 2.05) is 31.2 Å². The minimum Gasteiger partial charge on any atom is -0.480 e. The van der Waals surface area contributed by atoms with Crippen LogP contribution >= 0.6 is 0 Å². The van der Waals surface area contributed by atoms with Gasteiger partial charge in [-0.3, -0.25) is 0 Å². The Hall–Kier alpha value is -2.04. The lowest BCUT2D eigenvalue weighted by Gasteiger charge is -2.15. The van der Waals surface area contributed by atoms with E-state index < -0.39 is 18.0 Å². The Kier molecular flexibility index (Phi) is 6.56. The quantitative estimate of drug-likeness (QED) is 0.716. The Morgan fingerprint density at radius 1 is 1.20 bits per heavy atom. The zero-order valence-electron chi connectivity index (χ0n) is 12.0. The van der Waals surface area contributed by atoms with Crippen LogP contribution in [0.5, 0.6) is 0 Å². The summed E-state index contributed by atoms with van der Waals surface area (Å²) in [6.45, 7) is 4.34. The molecule has 20 heavy (non-hydrogen) atoms. The molecule has 1 atom stereocenters. The number of hydrogen-bond acceptors (Lipinski definition) is 2. The standard InChI is InChI=1S/C15H22N2O3/c1-3-7-13(14(18)19)17-15(20)16-10-12-9-6-5-8-11(12)4-2/h5-6,8-9,13H,3-4,7,10H2,1-2H3,(H,18,19)(H2,16,17,20)/t13-/m1/s1. The number of carbonyl (C=O) groups excluding carboxylic acids is 1. The van der Waals surface area contributed by atoms with E-state index in [4.69, 9.17) is 5.11 Å². The average molecular weight is 278 g/mol. The summed E-state index contributed by atoms with van der Waals surface area (Å²) in [6, 6.07) is 6.58. The molecular weight excluding hydrogens is 256 g/mol. The van der Waals surface area contributed by atoms with E-state index in [1.165, 1.54) is 5.56 Å². The van der Waals surface area contributed by atoms with Crippen LogP contribution < -0.4 is 10.6 Å². The van der Waals surface area contributed by atoms with Crippen molar-refractivity contribution >= 4 is 12.0 Å². The van der Waals surface area contributed by atoms with Crippen LogP contribution in [0.25, 0.3) is 0 Å². The van der Waals surface area contributed by atoms with E-state index in [0.717, 1.165) is 12.0 Å². The summed E-state index contributed by atoms with van der Waals surface area (Å²) in [5.74, 6) is -1.00. The number of carboxylic acid groups (broad SMARTS) is 1. The summed E-state index contributed by atoms with van der Waals surface area (Å²) in [5, 5.41) is 14.2. The van der Waals surface area contributed by atoms with Crippen LogP contribution in [0.4, 0.5) is 4.79 Å². The van der Waals surface area contributed by atoms with Gasteiger partial charge in [-0.15, -0.1) is 0 Å². The Morgan fingerprint density at radius 2 is 1.85 bits per heavy atom. The molecule has 3 N–H and O–H groups in total. The van der Waals surface area contributed by atoms with Crippen LogP contribution in [0.3, 0.4) is 0 Å². The van der Waals surface area contributed by atoms with E-state index in [0.29, 0.717) is 19.4 Å². The second kappa shape index (κ2) is 8.19. The normalized spacial score (nSPS) is 11.7. The highest BCUT2D eigenvalue weighted by atomic mass is 16.4. The molecule has 0 aromatic heterocycles. The maximum Gasteiger partial charge on any atom is 0.326 e. The van der Waals surface area contributed by atoms with Gasteiger partial charge >= 0.3 is 12.0 Å². The van der Waals surface area contributed by atoms with Gasteiger partial charge in [-0.25, -0.2) is 9.59 Å². The van der Waals surface area contributed by atoms with Crippen LogP contribution in [0.2, 0.25) is 0 Å². The van der Waals surface area contributed by atoms with Crippen LogP contribution in [0, 0.1) is 0 Å². The van der Waals surface area contributed by atoms with Crippen molar-refractivity contribution in [3.05, 3.63) is 35.4 Å². The van der Waals surface area contributed by atoms with Crippen molar-refractivity contribution in [2.24, 2.45) is 0 Å². The molecule has 5 nitrogen and oxygen atoms in total. The van der Waals surface area contributed by atoms with Gasteiger partial charge in [0.15, 0.2) is 0 Å². The van der Waals surface area contributed by atoms with Crippen molar-refractivity contribution in [1.29, 1.82) is 0 Å². The first kappa shape index (κ1) is 16.0. The van der Waals surface area contributed by atoms with Gasteiger partial charge in [0, 0.05) is 6.54 Å². The largest absolute Gasteiger partial charge is 0.480 e. The number of nitrogens with one attached hydrogen (secondary N) is 2. The van der Waals surface area contributed by atoms with Crippen LogP contribution in [-0.2, 0) is 17.8 Å². The fourth-order valence-electron chi connectivity index (χ4n) is 2.01. The molecular formula is C15H22N2O3. The maximum atomic E-state index is 11.7. The van der Waals surface area contributed by atoms with Gasteiger partial charge in [-0.2, -0.15) is 0 Å². The Bertz CT molecular complexity index is 460. The lowest BCUT2D eigenvalue weighted by Crippen LogP contribution is -2.45. The summed E-state index contributed by atoms with van der Waals surface area (Å²) < 4.78 is 0. The fourth-order valence-corrected chi connectivity index (χ4v) is 2.01. The highest BCUT2D eigenvalue weighted by molar-refractivity contribution is 5.82. The molecule has 0 radical (unpaired) electrons. The average Bonchev–Trinajstić information content (AvgIpc) is 2.44. The number of aryl methyl sites for hydroxylation is 1. The van der Waals surface area contributed by atoms with Crippen molar-refractivity contribution in [2.45, 2.75) is 45.7 Å². The second-order valence-electron chi connectivity index (χ2n) is 4.63. The van der Waals surface area contributed by atoms with Crippen molar-refractivity contribution in [2.75, 3.05) is 0 Å². The van der Waals surface area contributed by atoms with Gasteiger partial charge < -0.3 is 15.7 Å². The highest BCUT2D eigenvalue weighted by Crippen LogP contribution is 2.08. The van der Waals surface area contributed by atoms with Gasteiger partial charge in [0.05, 0.1) is 0 Å². The molecule has 0 saturated carbocycles. The molecule has 0 unspecified atom stereocenters. The molecule has 0 aliphatic heterocycles. The summed E-state index contributed by atoms with van der Waals surface area (Å²) in [5.41, 5.74) is 2.23. The number of rotatable bonds is 7. The van der Waals surface area contributed by atoms with Gasteiger partial charge in [0.25, 0.3) is 0 Å². The van der Waals surface area contributed by atoms with Gasteiger partial charge in [-0.05, 0) is 24.0 Å². The molecule has 0 aliphatic carbocycles. The molecule has 1 rings (SSSR count). The molecule has 0 aliphatic rings. The zero-order valence-corrected chi connectivity index (χ0v) is 12.0. The maximum absolute atomic E-state index is 11.7. The minimum absolute atomic E-state index is 0.397. The molecule has 1 aromatic carbocycles. The van der Waals surface area contributed by atoms with Crippen molar-refractivity contribution < 1.29 is 14.7 Å². The Labute approximate surface area is 119 Å². The number of urea groups is 1. The Morgan fingerprint density at radius 3 is 2.40 bits per heavy atom. The summed E-state index contributed by atoms with van der Waals surface area (Å²) in [7, 11) is 0. The van der Waals surface area contributed by atoms with E-state index in [1.54, 1.807) is 0 Å². The first-order valence-corrected chi connectivity index (χ1v) is 6.92. The number of carbonyl (C=O) groups is 2. The third-order valence-electron chi connectivity index (χ3n) is 3.12. The van der Waals surface area contributed by atoms with Crippen molar-refractivity contribution in [3.63, 3.8) is 0 Å². The molecule has 1 aromatic rings. The van der Waals surface area contributed by atoms with Crippen LogP contribution in [0.15, 0.2) is 24.3 Å². The summed E-state index contributed by atoms with van der Waals surface area (Å²) >= 11 is 0. The predicted molar refractivity (Wildman–Crippen MR) is 77.5 cm³/mol. The van der Waals surface area contributed by atoms with Crippen LogP contribution in [-0.4, -0.2) is 23.1 Å². The third-order valence-corrected chi connectivity index (χ3v) is 3.12. The lowest BCUT2D eigenvalue weighted by atomic mass is 10.1. The third kappa shape index (κ3) is 4.91. The number of benzene rings is 1. The number of carboxylic acids is 1. The molecule has 0 fully saturated rings. The zero-order chi connectivity index (χ0) is 15.0. The van der Waals surface area contributed by atoms with Gasteiger partial charge in [-0.1, -0.05) is 44.5 Å². The molecule has 5 heteroatoms. The smallest absolute Gasteiger partial charge is 0.326 e. The number of hydrogen-bond donors (Lipinski definition) is 3. The minimum atomic E-state index is -1.00. The number of aliphatic carboxylic acids is 1. The first-order valence-electron chi connectivity index (χ1n) is 6.92. The molecule has 0 bridgehead atoms. The molecule has 0 saturated heterocycles. The highest BCUT2D eigenvalue weighted by Gasteiger charge is 2.18. The molecule has 2 amide bonds. The predicted octanol–water partition coefficient (Wildman–Crippen LogP) is 2.30. The van der Waals surface area contributed by atoms with E-state index in [2.05, 4.69) is 17.6 Å². The monoisotopic (exact) mass is 278 g/mol. The molecule has 0 spiro atoms. The second-order valence-corrected chi connectivity index (χ2v) is 4.63. The van der Waals surface area contributed by atoms with Crippen molar-refractivity contribution in [3.8, 4) is 0 Å².